The molecule has 0 aromatic carbocycles. The molecule has 0 spiro atoms. The molecule has 0 amide bonds. The summed E-state index contributed by atoms with van der Waals surface area (Å²) < 4.78 is 44.8. The molecule has 0 fully saturated rings. The van der Waals surface area contributed by atoms with Crippen molar-refractivity contribution in [2.24, 2.45) is 5.73 Å². The molecule has 7 heteroatoms. The summed E-state index contributed by atoms with van der Waals surface area (Å²) in [7, 11) is 0. The summed E-state index contributed by atoms with van der Waals surface area (Å²) in [4.78, 5) is 10.9. The highest BCUT2D eigenvalue weighted by Crippen LogP contribution is 2.22. The van der Waals surface area contributed by atoms with Gasteiger partial charge in [0.2, 0.25) is 0 Å². The van der Waals surface area contributed by atoms with Crippen molar-refractivity contribution in [3.63, 3.8) is 0 Å². The molecular weight excluding hydrogens is 215 g/mol. The largest absolute Gasteiger partial charge is 0.465 e. The van der Waals surface area contributed by atoms with Crippen LogP contribution in [0.15, 0.2) is 0 Å². The zero-order chi connectivity index (χ0) is 12.1. The Morgan fingerprint density at radius 2 is 2.00 bits per heavy atom. The third-order valence-electron chi connectivity index (χ3n) is 1.58. The van der Waals surface area contributed by atoms with Gasteiger partial charge in [-0.1, -0.05) is 0 Å². The number of carbonyl (C=O) groups excluding carboxylic acids is 1. The molecule has 2 unspecified atom stereocenters. The van der Waals surface area contributed by atoms with Gasteiger partial charge < -0.3 is 15.2 Å². The van der Waals surface area contributed by atoms with Crippen molar-refractivity contribution in [2.75, 3.05) is 13.2 Å². The van der Waals surface area contributed by atoms with Gasteiger partial charge in [-0.2, -0.15) is 13.2 Å². The molecule has 0 rings (SSSR count). The van der Waals surface area contributed by atoms with Crippen molar-refractivity contribution in [3.05, 3.63) is 0 Å². The normalized spacial score (nSPS) is 15.9. The van der Waals surface area contributed by atoms with Crippen LogP contribution in [0.3, 0.4) is 0 Å². The summed E-state index contributed by atoms with van der Waals surface area (Å²) in [6.45, 7) is 2.03. The first-order chi connectivity index (χ1) is 6.79. The lowest BCUT2D eigenvalue weighted by molar-refractivity contribution is -0.215. The van der Waals surface area contributed by atoms with Crippen LogP contribution in [0.1, 0.15) is 13.8 Å². The molecule has 0 aliphatic rings. The van der Waals surface area contributed by atoms with Crippen LogP contribution in [0, 0.1) is 0 Å². The third kappa shape index (κ3) is 5.58. The molecule has 0 aromatic rings. The Morgan fingerprint density at radius 3 is 2.40 bits per heavy atom. The van der Waals surface area contributed by atoms with Crippen LogP contribution in [0.25, 0.3) is 0 Å². The Kier molecular flexibility index (Phi) is 5.59. The molecule has 0 bridgehead atoms. The molecule has 2 N–H and O–H groups in total. The maximum absolute atomic E-state index is 12.0. The highest BCUT2D eigenvalue weighted by molar-refractivity contribution is 5.75. The smallest absolute Gasteiger partial charge is 0.414 e. The minimum absolute atomic E-state index is 0.126. The van der Waals surface area contributed by atoms with Crippen molar-refractivity contribution >= 4 is 5.97 Å². The Bertz CT molecular complexity index is 208. The van der Waals surface area contributed by atoms with E-state index < -0.39 is 30.9 Å². The number of hydrogen-bond acceptors (Lipinski definition) is 4. The highest BCUT2D eigenvalue weighted by atomic mass is 19.4. The molecule has 2 atom stereocenters. The predicted octanol–water partition coefficient (Wildman–Crippen LogP) is 0.844. The summed E-state index contributed by atoms with van der Waals surface area (Å²) in [5.74, 6) is -0.771. The molecule has 15 heavy (non-hydrogen) atoms. The molecule has 0 saturated carbocycles. The van der Waals surface area contributed by atoms with Crippen molar-refractivity contribution < 1.29 is 27.4 Å². The lowest BCUT2D eigenvalue weighted by Gasteiger charge is -2.18. The van der Waals surface area contributed by atoms with Gasteiger partial charge in [0.1, 0.15) is 6.04 Å². The Morgan fingerprint density at radius 1 is 1.47 bits per heavy atom. The van der Waals surface area contributed by atoms with Crippen LogP contribution >= 0.6 is 0 Å². The van der Waals surface area contributed by atoms with E-state index in [9.17, 15) is 18.0 Å². The van der Waals surface area contributed by atoms with Crippen molar-refractivity contribution in [2.45, 2.75) is 32.2 Å². The van der Waals surface area contributed by atoms with E-state index >= 15 is 0 Å². The Hall–Kier alpha value is -0.820. The van der Waals surface area contributed by atoms with Crippen LogP contribution in [0.2, 0.25) is 0 Å². The van der Waals surface area contributed by atoms with Gasteiger partial charge in [-0.25, -0.2) is 0 Å². The number of hydrogen-bond donors (Lipinski definition) is 1. The summed E-state index contributed by atoms with van der Waals surface area (Å²) in [5.41, 5.74) is 5.23. The summed E-state index contributed by atoms with van der Waals surface area (Å²) in [5, 5.41) is 0. The topological polar surface area (TPSA) is 61.5 Å². The number of rotatable bonds is 5. The van der Waals surface area contributed by atoms with E-state index in [4.69, 9.17) is 5.73 Å². The number of ether oxygens (including phenoxy) is 2. The van der Waals surface area contributed by atoms with E-state index in [0.717, 1.165) is 6.92 Å². The van der Waals surface area contributed by atoms with Crippen LogP contribution in [-0.2, 0) is 14.3 Å². The van der Waals surface area contributed by atoms with Crippen LogP contribution in [0.4, 0.5) is 13.2 Å². The maximum Gasteiger partial charge on any atom is 0.414 e. The Balaban J connectivity index is 3.90. The number of halogens is 3. The van der Waals surface area contributed by atoms with Crippen molar-refractivity contribution in [1.29, 1.82) is 0 Å². The fourth-order valence-corrected chi connectivity index (χ4v) is 0.660. The molecule has 0 saturated heterocycles. The van der Waals surface area contributed by atoms with Gasteiger partial charge in [0, 0.05) is 0 Å². The van der Waals surface area contributed by atoms with Crippen LogP contribution in [-0.4, -0.2) is 37.5 Å². The molecule has 0 radical (unpaired) electrons. The quantitative estimate of drug-likeness (QED) is 0.710. The van der Waals surface area contributed by atoms with Gasteiger partial charge in [-0.15, -0.1) is 0 Å². The fourth-order valence-electron chi connectivity index (χ4n) is 0.660. The number of esters is 1. The molecular formula is C8H14F3NO3. The minimum Gasteiger partial charge on any atom is -0.465 e. The standard InChI is InChI=1S/C8H14F3NO3/c1-3-14-7(13)6(12)4-15-5(2)8(9,10)11/h5-6H,3-4,12H2,1-2H3. The molecule has 0 aromatic heterocycles. The average Bonchev–Trinajstić information content (AvgIpc) is 2.12. The van der Waals surface area contributed by atoms with Gasteiger partial charge in [0.25, 0.3) is 0 Å². The van der Waals surface area contributed by atoms with E-state index in [0.29, 0.717) is 0 Å². The molecule has 0 aliphatic heterocycles. The second-order valence-electron chi connectivity index (χ2n) is 2.88. The minimum atomic E-state index is -4.45. The first kappa shape index (κ1) is 14.2. The summed E-state index contributed by atoms with van der Waals surface area (Å²) in [6.07, 6.45) is -6.40. The van der Waals surface area contributed by atoms with Crippen LogP contribution < -0.4 is 5.73 Å². The number of carbonyl (C=O) groups is 1. The van der Waals surface area contributed by atoms with Crippen molar-refractivity contribution in [3.8, 4) is 0 Å². The van der Waals surface area contributed by atoms with Gasteiger partial charge >= 0.3 is 12.1 Å². The second-order valence-corrected chi connectivity index (χ2v) is 2.88. The fraction of sp³-hybridized carbons (Fsp3) is 0.875. The van der Waals surface area contributed by atoms with Gasteiger partial charge in [0.15, 0.2) is 6.10 Å². The maximum atomic E-state index is 12.0. The third-order valence-corrected chi connectivity index (χ3v) is 1.58. The van der Waals surface area contributed by atoms with E-state index in [-0.39, 0.29) is 6.61 Å². The van der Waals surface area contributed by atoms with Crippen LogP contribution in [0.5, 0.6) is 0 Å². The second kappa shape index (κ2) is 5.92. The number of nitrogens with two attached hydrogens (primary N) is 1. The SMILES string of the molecule is CCOC(=O)C(N)COC(C)C(F)(F)F. The van der Waals surface area contributed by atoms with E-state index in [2.05, 4.69) is 9.47 Å². The van der Waals surface area contributed by atoms with E-state index in [1.54, 1.807) is 6.92 Å². The zero-order valence-corrected chi connectivity index (χ0v) is 8.50. The summed E-state index contributed by atoms with van der Waals surface area (Å²) in [6, 6.07) is -1.19. The first-order valence-electron chi connectivity index (χ1n) is 4.39. The van der Waals surface area contributed by atoms with E-state index in [1.165, 1.54) is 0 Å². The summed E-state index contributed by atoms with van der Waals surface area (Å²) >= 11 is 0. The highest BCUT2D eigenvalue weighted by Gasteiger charge is 2.37. The van der Waals surface area contributed by atoms with Gasteiger partial charge in [-0.3, -0.25) is 4.79 Å². The molecule has 90 valence electrons. The van der Waals surface area contributed by atoms with Gasteiger partial charge in [0.05, 0.1) is 13.2 Å². The average molecular weight is 229 g/mol. The first-order valence-corrected chi connectivity index (χ1v) is 4.39. The van der Waals surface area contributed by atoms with Gasteiger partial charge in [-0.05, 0) is 13.8 Å². The molecule has 0 heterocycles. The lowest BCUT2D eigenvalue weighted by atomic mass is 10.3. The lowest BCUT2D eigenvalue weighted by Crippen LogP contribution is -2.40. The van der Waals surface area contributed by atoms with Crippen molar-refractivity contribution in [1.82, 2.24) is 0 Å². The molecule has 4 nitrogen and oxygen atoms in total. The molecule has 0 aliphatic carbocycles. The number of alkyl halides is 3. The zero-order valence-electron chi connectivity index (χ0n) is 8.50. The van der Waals surface area contributed by atoms with E-state index in [1.807, 2.05) is 0 Å². The monoisotopic (exact) mass is 229 g/mol. The predicted molar refractivity (Wildman–Crippen MR) is 46.1 cm³/mol. The Labute approximate surface area is 85.5 Å².